The first-order valence-corrected chi connectivity index (χ1v) is 9.16. The second kappa shape index (κ2) is 6.30. The molecule has 24 heavy (non-hydrogen) atoms. The molecule has 1 aromatic carbocycles. The molecule has 0 saturated carbocycles. The molecule has 4 heteroatoms. The van der Waals surface area contributed by atoms with Crippen molar-refractivity contribution in [1.29, 1.82) is 0 Å². The van der Waals surface area contributed by atoms with E-state index in [1.54, 1.807) is 11.8 Å². The molecule has 2 heterocycles. The predicted molar refractivity (Wildman–Crippen MR) is 103 cm³/mol. The molecular formula is C20H14O2S2. The fraction of sp³-hybridized carbons (Fsp3) is 0.0500. The summed E-state index contributed by atoms with van der Waals surface area (Å²) in [5.74, 6) is -0.341. The van der Waals surface area contributed by atoms with Gasteiger partial charge in [-0.05, 0) is 29.9 Å². The number of ether oxygens (including phenoxy) is 1. The fourth-order valence-corrected chi connectivity index (χ4v) is 5.02. The van der Waals surface area contributed by atoms with Crippen LogP contribution in [0, 0.1) is 0 Å². The van der Waals surface area contributed by atoms with Crippen LogP contribution in [0.15, 0.2) is 71.2 Å². The zero-order valence-corrected chi connectivity index (χ0v) is 14.6. The molecule has 0 spiro atoms. The average molecular weight is 350 g/mol. The number of fused-ring (bicyclic) bond motifs is 4. The Balaban J connectivity index is 1.91. The minimum absolute atomic E-state index is 0.341. The van der Waals surface area contributed by atoms with Crippen LogP contribution in [-0.4, -0.2) is 13.1 Å². The molecule has 1 aliphatic carbocycles. The zero-order valence-electron chi connectivity index (χ0n) is 13.0. The number of hydrogen-bond donors (Lipinski definition) is 0. The fourth-order valence-electron chi connectivity index (χ4n) is 2.75. The molecule has 0 radical (unpaired) electrons. The Morgan fingerprint density at radius 1 is 1.17 bits per heavy atom. The summed E-state index contributed by atoms with van der Waals surface area (Å²) < 4.78 is 7.24. The normalized spacial score (nSPS) is 16.1. The van der Waals surface area contributed by atoms with Crippen LogP contribution in [-0.2, 0) is 9.53 Å². The number of rotatable bonds is 2. The molecule has 0 amide bonds. The molecule has 0 bridgehead atoms. The van der Waals surface area contributed by atoms with E-state index < -0.39 is 0 Å². The lowest BCUT2D eigenvalue weighted by Gasteiger charge is -2.13. The van der Waals surface area contributed by atoms with Crippen molar-refractivity contribution in [2.24, 2.45) is 0 Å². The molecule has 0 N–H and O–H groups in total. The number of thiophene rings is 1. The van der Waals surface area contributed by atoms with E-state index in [0.717, 1.165) is 4.91 Å². The van der Waals surface area contributed by atoms with Crippen LogP contribution in [0.3, 0.4) is 0 Å². The van der Waals surface area contributed by atoms with Crippen LogP contribution in [0.5, 0.6) is 0 Å². The summed E-state index contributed by atoms with van der Waals surface area (Å²) in [6.45, 7) is 0. The maximum Gasteiger partial charge on any atom is 0.330 e. The van der Waals surface area contributed by atoms with Crippen molar-refractivity contribution in [3.05, 3.63) is 81.0 Å². The Hall–Kier alpha value is -2.30. The van der Waals surface area contributed by atoms with Crippen molar-refractivity contribution < 1.29 is 9.53 Å². The second-order valence-electron chi connectivity index (χ2n) is 5.34. The van der Waals surface area contributed by atoms with Gasteiger partial charge in [0.25, 0.3) is 0 Å². The number of carbonyl (C=O) groups is 1. The van der Waals surface area contributed by atoms with Gasteiger partial charge >= 0.3 is 5.97 Å². The first kappa shape index (κ1) is 15.2. The Morgan fingerprint density at radius 2 is 2.04 bits per heavy atom. The Kier molecular flexibility index (Phi) is 4.00. The summed E-state index contributed by atoms with van der Waals surface area (Å²) in [5.41, 5.74) is 1.20. The lowest BCUT2D eigenvalue weighted by Crippen LogP contribution is -2.21. The van der Waals surface area contributed by atoms with Crippen LogP contribution < -0.4 is 9.75 Å². The monoisotopic (exact) mass is 350 g/mol. The van der Waals surface area contributed by atoms with Gasteiger partial charge in [-0.25, -0.2) is 4.79 Å². The van der Waals surface area contributed by atoms with Gasteiger partial charge in [-0.15, -0.1) is 11.3 Å². The Labute approximate surface area is 147 Å². The van der Waals surface area contributed by atoms with Crippen molar-refractivity contribution >= 4 is 50.1 Å². The maximum absolute atomic E-state index is 11.3. The van der Waals surface area contributed by atoms with Gasteiger partial charge in [0.2, 0.25) is 0 Å². The van der Waals surface area contributed by atoms with Gasteiger partial charge in [0, 0.05) is 35.7 Å². The predicted octanol–water partition coefficient (Wildman–Crippen LogP) is 3.65. The summed E-state index contributed by atoms with van der Waals surface area (Å²) >= 11 is 3.51. The number of allylic oxidation sites excluding steroid dienone is 5. The van der Waals surface area contributed by atoms with Crippen LogP contribution >= 0.6 is 23.1 Å². The first-order chi connectivity index (χ1) is 11.8. The van der Waals surface area contributed by atoms with E-state index in [4.69, 9.17) is 0 Å². The summed E-state index contributed by atoms with van der Waals surface area (Å²) in [6, 6.07) is 8.50. The quantitative estimate of drug-likeness (QED) is 0.611. The molecule has 4 rings (SSSR count). The van der Waals surface area contributed by atoms with E-state index in [9.17, 15) is 4.79 Å². The van der Waals surface area contributed by atoms with E-state index in [1.807, 2.05) is 23.5 Å². The molecule has 1 aromatic heterocycles. The molecular weight excluding hydrogens is 336 g/mol. The number of thioether (sulfide) groups is 1. The van der Waals surface area contributed by atoms with Gasteiger partial charge < -0.3 is 4.74 Å². The third kappa shape index (κ3) is 2.68. The van der Waals surface area contributed by atoms with Gasteiger partial charge in [0.05, 0.1) is 7.11 Å². The smallest absolute Gasteiger partial charge is 0.330 e. The topological polar surface area (TPSA) is 26.3 Å². The number of esters is 1. The van der Waals surface area contributed by atoms with Crippen molar-refractivity contribution in [2.45, 2.75) is 0 Å². The highest BCUT2D eigenvalue weighted by Crippen LogP contribution is 2.37. The van der Waals surface area contributed by atoms with Gasteiger partial charge in [-0.2, -0.15) is 0 Å². The van der Waals surface area contributed by atoms with Gasteiger partial charge in [0.15, 0.2) is 0 Å². The molecule has 2 aromatic rings. The average Bonchev–Trinajstić information content (AvgIpc) is 2.88. The number of benzene rings is 1. The Morgan fingerprint density at radius 3 is 2.92 bits per heavy atom. The van der Waals surface area contributed by atoms with Crippen molar-refractivity contribution in [1.82, 2.24) is 0 Å². The SMILES string of the molecule is COC(=O)C=CC1=CC=C2C=CC=c3sc4ccccc4c3=C2S1. The third-order valence-electron chi connectivity index (χ3n) is 3.87. The minimum atomic E-state index is -0.341. The molecule has 0 fully saturated rings. The molecule has 0 saturated heterocycles. The second-order valence-corrected chi connectivity index (χ2v) is 7.51. The van der Waals surface area contributed by atoms with Crippen LogP contribution in [0.2, 0.25) is 0 Å². The number of hydrogen-bond acceptors (Lipinski definition) is 4. The van der Waals surface area contributed by atoms with Crippen LogP contribution in [0.1, 0.15) is 0 Å². The molecule has 0 unspecified atom stereocenters. The Bertz CT molecular complexity index is 1080. The summed E-state index contributed by atoms with van der Waals surface area (Å²) in [7, 11) is 1.39. The molecule has 0 atom stereocenters. The molecule has 2 nitrogen and oxygen atoms in total. The summed E-state index contributed by atoms with van der Waals surface area (Å²) in [4.78, 5) is 13.6. The highest BCUT2D eigenvalue weighted by atomic mass is 32.2. The van der Waals surface area contributed by atoms with E-state index >= 15 is 0 Å². The van der Waals surface area contributed by atoms with E-state index in [0.29, 0.717) is 0 Å². The van der Waals surface area contributed by atoms with Crippen molar-refractivity contribution in [3.63, 3.8) is 0 Å². The van der Waals surface area contributed by atoms with Gasteiger partial charge in [-0.1, -0.05) is 48.2 Å². The number of methoxy groups -OCH3 is 1. The van der Waals surface area contributed by atoms with Crippen molar-refractivity contribution in [3.8, 4) is 0 Å². The van der Waals surface area contributed by atoms with Gasteiger partial charge in [0.1, 0.15) is 0 Å². The number of carbonyl (C=O) groups excluding carboxylic acids is 1. The standard InChI is InChI=1S/C20H14O2S2/c1-22-18(21)12-11-14-10-9-13-5-4-8-17-19(20(13)23-14)15-6-2-3-7-16(15)24-17/h2-12H,1H3. The summed E-state index contributed by atoms with van der Waals surface area (Å²) in [6.07, 6.45) is 13.8. The van der Waals surface area contributed by atoms with E-state index in [-0.39, 0.29) is 5.97 Å². The molecule has 1 aliphatic heterocycles. The van der Waals surface area contributed by atoms with E-state index in [1.165, 1.54) is 43.5 Å². The first-order valence-electron chi connectivity index (χ1n) is 7.53. The molecule has 118 valence electrons. The summed E-state index contributed by atoms with van der Waals surface area (Å²) in [5, 5.41) is 2.57. The lowest BCUT2D eigenvalue weighted by atomic mass is 10.1. The minimum Gasteiger partial charge on any atom is -0.466 e. The van der Waals surface area contributed by atoms with E-state index in [2.05, 4.69) is 53.3 Å². The largest absolute Gasteiger partial charge is 0.466 e. The van der Waals surface area contributed by atoms with Gasteiger partial charge in [-0.3, -0.25) is 0 Å². The third-order valence-corrected chi connectivity index (χ3v) is 6.16. The van der Waals surface area contributed by atoms with Crippen molar-refractivity contribution in [2.75, 3.05) is 7.11 Å². The molecule has 2 aliphatic rings. The van der Waals surface area contributed by atoms with Crippen LogP contribution in [0.4, 0.5) is 0 Å². The highest BCUT2D eigenvalue weighted by Gasteiger charge is 2.15. The lowest BCUT2D eigenvalue weighted by molar-refractivity contribution is -0.134. The zero-order chi connectivity index (χ0) is 16.5. The van der Waals surface area contributed by atoms with Crippen LogP contribution in [0.25, 0.3) is 21.1 Å². The highest BCUT2D eigenvalue weighted by molar-refractivity contribution is 8.12. The maximum atomic E-state index is 11.3.